The molecule has 3 rings (SSSR count). The average Bonchev–Trinajstić information content (AvgIpc) is 3.19. The maximum atomic E-state index is 12.0. The third kappa shape index (κ3) is 4.69. The summed E-state index contributed by atoms with van der Waals surface area (Å²) in [5.41, 5.74) is 2.24. The Kier molecular flexibility index (Phi) is 6.42. The lowest BCUT2D eigenvalue weighted by molar-refractivity contribution is -0.128. The lowest BCUT2D eigenvalue weighted by Crippen LogP contribution is -2.31. The summed E-state index contributed by atoms with van der Waals surface area (Å²) in [6.45, 7) is 3.85. The van der Waals surface area contributed by atoms with Crippen molar-refractivity contribution < 1.29 is 9.59 Å². The highest BCUT2D eigenvalue weighted by atomic mass is 35.5. The van der Waals surface area contributed by atoms with Crippen molar-refractivity contribution in [3.05, 3.63) is 35.4 Å². The summed E-state index contributed by atoms with van der Waals surface area (Å²) in [7, 11) is 0. The zero-order valence-electron chi connectivity index (χ0n) is 13.2. The Hall–Kier alpha value is -1.59. The van der Waals surface area contributed by atoms with Crippen molar-refractivity contribution >= 4 is 24.2 Å². The zero-order chi connectivity index (χ0) is 15.4. The van der Waals surface area contributed by atoms with Gasteiger partial charge in [0.1, 0.15) is 0 Å². The molecule has 1 aromatic carbocycles. The highest BCUT2D eigenvalue weighted by Crippen LogP contribution is 2.15. The Morgan fingerprint density at radius 1 is 1.26 bits per heavy atom. The van der Waals surface area contributed by atoms with E-state index in [1.165, 1.54) is 0 Å². The quantitative estimate of drug-likeness (QED) is 0.855. The van der Waals surface area contributed by atoms with Gasteiger partial charge in [-0.1, -0.05) is 24.3 Å². The minimum absolute atomic E-state index is 0. The molecule has 2 fully saturated rings. The standard InChI is InChI=1S/C17H23N3O2.ClH/c21-16-2-1-9-20(16)12-14-5-3-13(4-6-14)10-19-17(22)15-7-8-18-11-15;/h3-6,15,18H,1-2,7-12H2,(H,19,22);1H. The normalized spacial score (nSPS) is 20.4. The van der Waals surface area contributed by atoms with Crippen molar-refractivity contribution in [3.63, 3.8) is 0 Å². The summed E-state index contributed by atoms with van der Waals surface area (Å²) in [5, 5.41) is 6.20. The maximum absolute atomic E-state index is 12.0. The largest absolute Gasteiger partial charge is 0.352 e. The molecule has 0 saturated carbocycles. The van der Waals surface area contributed by atoms with E-state index in [9.17, 15) is 9.59 Å². The van der Waals surface area contributed by atoms with Crippen LogP contribution in [-0.4, -0.2) is 36.3 Å². The molecule has 2 aliphatic heterocycles. The van der Waals surface area contributed by atoms with E-state index in [1.807, 2.05) is 29.2 Å². The van der Waals surface area contributed by atoms with E-state index in [4.69, 9.17) is 0 Å². The second-order valence-electron chi connectivity index (χ2n) is 6.14. The number of hydrogen-bond acceptors (Lipinski definition) is 3. The summed E-state index contributed by atoms with van der Waals surface area (Å²) < 4.78 is 0. The molecule has 2 N–H and O–H groups in total. The third-order valence-electron chi connectivity index (χ3n) is 4.47. The Bertz CT molecular complexity index is 541. The van der Waals surface area contributed by atoms with E-state index in [1.54, 1.807) is 0 Å². The minimum atomic E-state index is 0. The summed E-state index contributed by atoms with van der Waals surface area (Å²) in [5.74, 6) is 0.499. The molecule has 126 valence electrons. The van der Waals surface area contributed by atoms with Gasteiger partial charge in [0.25, 0.3) is 0 Å². The molecule has 0 aromatic heterocycles. The number of carbonyl (C=O) groups excluding carboxylic acids is 2. The number of benzene rings is 1. The highest BCUT2D eigenvalue weighted by molar-refractivity contribution is 5.85. The molecule has 2 amide bonds. The Balaban J connectivity index is 0.00000192. The van der Waals surface area contributed by atoms with Gasteiger partial charge in [-0.25, -0.2) is 0 Å². The van der Waals surface area contributed by atoms with E-state index in [0.717, 1.165) is 43.6 Å². The van der Waals surface area contributed by atoms with Crippen LogP contribution in [0.3, 0.4) is 0 Å². The van der Waals surface area contributed by atoms with Gasteiger partial charge >= 0.3 is 0 Å². The van der Waals surface area contributed by atoms with Crippen molar-refractivity contribution in [2.24, 2.45) is 5.92 Å². The molecule has 0 radical (unpaired) electrons. The Morgan fingerprint density at radius 2 is 2.00 bits per heavy atom. The first-order valence-corrected chi connectivity index (χ1v) is 8.06. The molecule has 1 aromatic rings. The Morgan fingerprint density at radius 3 is 2.61 bits per heavy atom. The van der Waals surface area contributed by atoms with Gasteiger partial charge in [0, 0.05) is 32.6 Å². The molecule has 23 heavy (non-hydrogen) atoms. The number of carbonyl (C=O) groups is 2. The molecule has 0 bridgehead atoms. The van der Waals surface area contributed by atoms with Gasteiger partial charge in [-0.15, -0.1) is 12.4 Å². The van der Waals surface area contributed by atoms with Gasteiger partial charge in [0.05, 0.1) is 5.92 Å². The van der Waals surface area contributed by atoms with Gasteiger partial charge in [0.2, 0.25) is 11.8 Å². The third-order valence-corrected chi connectivity index (χ3v) is 4.47. The van der Waals surface area contributed by atoms with Gasteiger partial charge in [-0.3, -0.25) is 9.59 Å². The van der Waals surface area contributed by atoms with E-state index in [0.29, 0.717) is 19.5 Å². The fourth-order valence-electron chi connectivity index (χ4n) is 3.07. The van der Waals surface area contributed by atoms with Crippen molar-refractivity contribution in [1.29, 1.82) is 0 Å². The van der Waals surface area contributed by atoms with Gasteiger partial charge in [-0.2, -0.15) is 0 Å². The number of likely N-dealkylation sites (tertiary alicyclic amines) is 1. The van der Waals surface area contributed by atoms with Crippen molar-refractivity contribution in [1.82, 2.24) is 15.5 Å². The van der Waals surface area contributed by atoms with Crippen LogP contribution in [0.5, 0.6) is 0 Å². The second kappa shape index (κ2) is 8.31. The van der Waals surface area contributed by atoms with E-state index in [-0.39, 0.29) is 30.1 Å². The second-order valence-corrected chi connectivity index (χ2v) is 6.14. The monoisotopic (exact) mass is 337 g/mol. The molecule has 5 nitrogen and oxygen atoms in total. The Labute approximate surface area is 143 Å². The number of rotatable bonds is 5. The number of halogens is 1. The smallest absolute Gasteiger partial charge is 0.224 e. The van der Waals surface area contributed by atoms with Crippen LogP contribution in [0.15, 0.2) is 24.3 Å². The van der Waals surface area contributed by atoms with Crippen LogP contribution in [0, 0.1) is 5.92 Å². The van der Waals surface area contributed by atoms with Crippen molar-refractivity contribution in [3.8, 4) is 0 Å². The first-order valence-electron chi connectivity index (χ1n) is 8.06. The topological polar surface area (TPSA) is 61.4 Å². The zero-order valence-corrected chi connectivity index (χ0v) is 14.0. The van der Waals surface area contributed by atoms with Gasteiger partial charge in [0.15, 0.2) is 0 Å². The molecule has 2 heterocycles. The number of amides is 2. The molecule has 6 heteroatoms. The first-order chi connectivity index (χ1) is 10.7. The first kappa shape index (κ1) is 17.8. The molecule has 1 unspecified atom stereocenters. The van der Waals surface area contributed by atoms with Crippen LogP contribution < -0.4 is 10.6 Å². The van der Waals surface area contributed by atoms with E-state index < -0.39 is 0 Å². The summed E-state index contributed by atoms with van der Waals surface area (Å²) in [4.78, 5) is 25.5. The molecule has 1 atom stereocenters. The van der Waals surface area contributed by atoms with Crippen LogP contribution in [0.1, 0.15) is 30.4 Å². The summed E-state index contributed by atoms with van der Waals surface area (Å²) >= 11 is 0. The molecular weight excluding hydrogens is 314 g/mol. The van der Waals surface area contributed by atoms with Gasteiger partial charge < -0.3 is 15.5 Å². The molecule has 0 aliphatic carbocycles. The van der Waals surface area contributed by atoms with Crippen LogP contribution in [0.2, 0.25) is 0 Å². The fraction of sp³-hybridized carbons (Fsp3) is 0.529. The molecule has 2 saturated heterocycles. The molecule has 2 aliphatic rings. The highest BCUT2D eigenvalue weighted by Gasteiger charge is 2.22. The lowest BCUT2D eigenvalue weighted by atomic mass is 10.1. The van der Waals surface area contributed by atoms with Crippen molar-refractivity contribution in [2.75, 3.05) is 19.6 Å². The predicted octanol–water partition coefficient (Wildman–Crippen LogP) is 1.46. The van der Waals surface area contributed by atoms with Crippen LogP contribution >= 0.6 is 12.4 Å². The van der Waals surface area contributed by atoms with Crippen LogP contribution in [0.25, 0.3) is 0 Å². The average molecular weight is 338 g/mol. The molecular formula is C17H24ClN3O2. The van der Waals surface area contributed by atoms with Gasteiger partial charge in [-0.05, 0) is 30.5 Å². The maximum Gasteiger partial charge on any atom is 0.224 e. The van der Waals surface area contributed by atoms with Crippen LogP contribution in [0.4, 0.5) is 0 Å². The van der Waals surface area contributed by atoms with Crippen LogP contribution in [-0.2, 0) is 22.7 Å². The lowest BCUT2D eigenvalue weighted by Gasteiger charge is -2.16. The number of nitrogens with one attached hydrogen (secondary N) is 2. The van der Waals surface area contributed by atoms with E-state index in [2.05, 4.69) is 10.6 Å². The number of hydrogen-bond donors (Lipinski definition) is 2. The summed E-state index contributed by atoms with van der Waals surface area (Å²) in [6.07, 6.45) is 2.58. The SMILES string of the molecule is Cl.O=C(NCc1ccc(CN2CCCC2=O)cc1)C1CCNC1. The summed E-state index contributed by atoms with van der Waals surface area (Å²) in [6, 6.07) is 8.15. The minimum Gasteiger partial charge on any atom is -0.352 e. The molecule has 0 spiro atoms. The number of nitrogens with zero attached hydrogens (tertiary/aromatic N) is 1. The van der Waals surface area contributed by atoms with Crippen molar-refractivity contribution in [2.45, 2.75) is 32.4 Å². The predicted molar refractivity (Wildman–Crippen MR) is 91.2 cm³/mol. The fourth-order valence-corrected chi connectivity index (χ4v) is 3.07. The van der Waals surface area contributed by atoms with E-state index >= 15 is 0 Å².